The van der Waals surface area contributed by atoms with Gasteiger partial charge in [-0.05, 0) is 11.0 Å². The van der Waals surface area contributed by atoms with Crippen LogP contribution in [0.1, 0.15) is 26.3 Å². The van der Waals surface area contributed by atoms with Crippen LogP contribution in [-0.2, 0) is 9.31 Å². The van der Waals surface area contributed by atoms with E-state index >= 15 is 0 Å². The first-order valence-electron chi connectivity index (χ1n) is 5.53. The fraction of sp³-hybridized carbons (Fsp3) is 0.385. The molecule has 3 heteroatoms. The number of hydrogen-bond donors (Lipinski definition) is 0. The molecule has 0 unspecified atom stereocenters. The van der Waals surface area contributed by atoms with Gasteiger partial charge in [0.05, 0.1) is 0 Å². The molecule has 0 spiro atoms. The summed E-state index contributed by atoms with van der Waals surface area (Å²) >= 11 is 0. The molecule has 0 aliphatic carbocycles. The van der Waals surface area contributed by atoms with Gasteiger partial charge in [0.25, 0.3) is 0 Å². The highest BCUT2D eigenvalue weighted by atomic mass is 16.8. The lowest BCUT2D eigenvalue weighted by Gasteiger charge is -2.42. The standard InChI is InChI=1S/C13H17BO2/c1-10(11-8-6-5-7-9-11)14-15-12(16-14)13(2,3)4/h5-9,12H,1H2,2-4H3. The van der Waals surface area contributed by atoms with Crippen LogP contribution in [0.25, 0.3) is 5.47 Å². The van der Waals surface area contributed by atoms with E-state index in [2.05, 4.69) is 27.4 Å². The highest BCUT2D eigenvalue weighted by Gasteiger charge is 2.44. The van der Waals surface area contributed by atoms with Crippen molar-refractivity contribution in [3.63, 3.8) is 0 Å². The Morgan fingerprint density at radius 2 is 1.75 bits per heavy atom. The average molecular weight is 216 g/mol. The SMILES string of the molecule is C=C(B1OC(C(C)(C)C)O1)c1ccccc1. The van der Waals surface area contributed by atoms with Crippen LogP contribution in [0.15, 0.2) is 36.9 Å². The Labute approximate surface area is 97.4 Å². The largest absolute Gasteiger partial charge is 0.497 e. The van der Waals surface area contributed by atoms with Crippen molar-refractivity contribution in [2.75, 3.05) is 0 Å². The monoisotopic (exact) mass is 216 g/mol. The molecule has 0 aromatic heterocycles. The minimum atomic E-state index is -0.286. The summed E-state index contributed by atoms with van der Waals surface area (Å²) in [4.78, 5) is 0. The molecule has 16 heavy (non-hydrogen) atoms. The second kappa shape index (κ2) is 4.08. The predicted octanol–water partition coefficient (Wildman–Crippen LogP) is 3.15. The minimum absolute atomic E-state index is 0.0213. The van der Waals surface area contributed by atoms with Crippen molar-refractivity contribution in [1.82, 2.24) is 0 Å². The van der Waals surface area contributed by atoms with E-state index in [1.807, 2.05) is 30.3 Å². The zero-order valence-electron chi connectivity index (χ0n) is 10.1. The summed E-state index contributed by atoms with van der Waals surface area (Å²) in [5.74, 6) is 0. The van der Waals surface area contributed by atoms with Gasteiger partial charge in [-0.2, -0.15) is 0 Å². The summed E-state index contributed by atoms with van der Waals surface area (Å²) in [7, 11) is -0.286. The van der Waals surface area contributed by atoms with E-state index in [0.29, 0.717) is 0 Å². The molecule has 0 N–H and O–H groups in total. The van der Waals surface area contributed by atoms with Crippen LogP contribution >= 0.6 is 0 Å². The molecule has 2 rings (SSSR count). The third kappa shape index (κ3) is 2.20. The van der Waals surface area contributed by atoms with E-state index in [-0.39, 0.29) is 18.8 Å². The molecular weight excluding hydrogens is 199 g/mol. The van der Waals surface area contributed by atoms with Crippen LogP contribution in [0.2, 0.25) is 0 Å². The lowest BCUT2D eigenvalue weighted by Crippen LogP contribution is -2.52. The van der Waals surface area contributed by atoms with E-state index < -0.39 is 0 Å². The van der Waals surface area contributed by atoms with Gasteiger partial charge < -0.3 is 9.31 Å². The highest BCUT2D eigenvalue weighted by molar-refractivity contribution is 6.69. The van der Waals surface area contributed by atoms with E-state index in [1.165, 1.54) is 0 Å². The zero-order valence-corrected chi connectivity index (χ0v) is 10.1. The van der Waals surface area contributed by atoms with Crippen molar-refractivity contribution in [3.05, 3.63) is 42.5 Å². The van der Waals surface area contributed by atoms with E-state index in [4.69, 9.17) is 9.31 Å². The van der Waals surface area contributed by atoms with Gasteiger partial charge in [-0.3, -0.25) is 0 Å². The van der Waals surface area contributed by atoms with Crippen molar-refractivity contribution in [2.24, 2.45) is 5.41 Å². The average Bonchev–Trinajstić information content (AvgIpc) is 2.14. The Bertz CT molecular complexity index is 375. The quantitative estimate of drug-likeness (QED) is 0.707. The number of rotatable bonds is 2. The smallest absolute Gasteiger partial charge is 0.382 e. The Morgan fingerprint density at radius 1 is 1.19 bits per heavy atom. The van der Waals surface area contributed by atoms with Gasteiger partial charge in [0, 0.05) is 5.41 Å². The van der Waals surface area contributed by atoms with E-state index in [0.717, 1.165) is 11.0 Å². The molecule has 1 saturated heterocycles. The van der Waals surface area contributed by atoms with Crippen molar-refractivity contribution < 1.29 is 9.31 Å². The molecule has 1 aliphatic rings. The van der Waals surface area contributed by atoms with Crippen LogP contribution in [0.4, 0.5) is 0 Å². The van der Waals surface area contributed by atoms with Crippen LogP contribution < -0.4 is 0 Å². The van der Waals surface area contributed by atoms with Crippen LogP contribution in [0, 0.1) is 5.41 Å². The van der Waals surface area contributed by atoms with Gasteiger partial charge in [0.15, 0.2) is 0 Å². The second-order valence-corrected chi connectivity index (χ2v) is 5.19. The molecule has 1 heterocycles. The summed E-state index contributed by atoms with van der Waals surface area (Å²) in [6.45, 7) is 10.3. The topological polar surface area (TPSA) is 18.5 Å². The Morgan fingerprint density at radius 3 is 2.25 bits per heavy atom. The number of benzene rings is 1. The van der Waals surface area contributed by atoms with Crippen LogP contribution in [0.3, 0.4) is 0 Å². The van der Waals surface area contributed by atoms with Crippen molar-refractivity contribution in [3.8, 4) is 0 Å². The molecule has 0 amide bonds. The van der Waals surface area contributed by atoms with Gasteiger partial charge in [-0.1, -0.05) is 57.7 Å². The lowest BCUT2D eigenvalue weighted by atomic mass is 9.71. The summed E-state index contributed by atoms with van der Waals surface area (Å²) in [6.07, 6.45) is -0.127. The molecule has 0 bridgehead atoms. The lowest BCUT2D eigenvalue weighted by molar-refractivity contribution is -0.167. The first kappa shape index (κ1) is 11.4. The third-order valence-corrected chi connectivity index (χ3v) is 2.63. The summed E-state index contributed by atoms with van der Waals surface area (Å²) in [6, 6.07) is 9.98. The minimum Gasteiger partial charge on any atom is -0.382 e. The van der Waals surface area contributed by atoms with Gasteiger partial charge in [0.2, 0.25) is 0 Å². The molecule has 2 nitrogen and oxygen atoms in total. The van der Waals surface area contributed by atoms with E-state index in [9.17, 15) is 0 Å². The first-order chi connectivity index (χ1) is 7.48. The molecule has 1 aliphatic heterocycles. The molecule has 0 saturated carbocycles. The summed E-state index contributed by atoms with van der Waals surface area (Å²) in [5, 5.41) is 0. The van der Waals surface area contributed by atoms with Gasteiger partial charge in [0.1, 0.15) is 6.29 Å². The Kier molecular flexibility index (Phi) is 2.91. The Balaban J connectivity index is 1.96. The predicted molar refractivity (Wildman–Crippen MR) is 66.6 cm³/mol. The third-order valence-electron chi connectivity index (χ3n) is 2.63. The summed E-state index contributed by atoms with van der Waals surface area (Å²) in [5.41, 5.74) is 1.98. The van der Waals surface area contributed by atoms with Crippen molar-refractivity contribution >= 4 is 12.6 Å². The van der Waals surface area contributed by atoms with Gasteiger partial charge in [-0.15, -0.1) is 0 Å². The zero-order chi connectivity index (χ0) is 11.8. The normalized spacial score (nSPS) is 17.1. The maximum atomic E-state index is 5.70. The molecule has 1 aromatic rings. The molecule has 1 aromatic carbocycles. The molecular formula is C13H17BO2. The Hall–Kier alpha value is -1.06. The maximum absolute atomic E-state index is 5.70. The number of hydrogen-bond acceptors (Lipinski definition) is 2. The van der Waals surface area contributed by atoms with Crippen LogP contribution in [0.5, 0.6) is 0 Å². The summed E-state index contributed by atoms with van der Waals surface area (Å²) < 4.78 is 11.4. The van der Waals surface area contributed by atoms with Crippen molar-refractivity contribution in [1.29, 1.82) is 0 Å². The fourth-order valence-electron chi connectivity index (χ4n) is 1.60. The highest BCUT2D eigenvalue weighted by Crippen LogP contribution is 2.35. The van der Waals surface area contributed by atoms with Gasteiger partial charge in [-0.25, -0.2) is 0 Å². The maximum Gasteiger partial charge on any atom is 0.497 e. The molecule has 0 atom stereocenters. The van der Waals surface area contributed by atoms with Crippen LogP contribution in [-0.4, -0.2) is 13.4 Å². The van der Waals surface area contributed by atoms with E-state index in [1.54, 1.807) is 0 Å². The van der Waals surface area contributed by atoms with Gasteiger partial charge >= 0.3 is 7.12 Å². The molecule has 1 fully saturated rings. The molecule has 84 valence electrons. The van der Waals surface area contributed by atoms with Crippen molar-refractivity contribution in [2.45, 2.75) is 27.1 Å². The molecule has 0 radical (unpaired) electrons. The first-order valence-corrected chi connectivity index (χ1v) is 5.53. The fourth-order valence-corrected chi connectivity index (χ4v) is 1.60. The second-order valence-electron chi connectivity index (χ2n) is 5.19.